The van der Waals surface area contributed by atoms with Gasteiger partial charge >= 0.3 is 0 Å². The van der Waals surface area contributed by atoms with Crippen molar-refractivity contribution in [3.63, 3.8) is 0 Å². The Balaban J connectivity index is 0.000000331. The van der Waals surface area contributed by atoms with Crippen LogP contribution in [0.25, 0.3) is 0 Å². The summed E-state index contributed by atoms with van der Waals surface area (Å²) in [6.45, 7) is 4.35. The van der Waals surface area contributed by atoms with Crippen LogP contribution in [0.3, 0.4) is 0 Å². The Kier molecular flexibility index (Phi) is 8.93. The molecule has 3 nitrogen and oxygen atoms in total. The molecule has 0 aromatic heterocycles. The maximum absolute atomic E-state index is 9.76. The van der Waals surface area contributed by atoms with Crippen LogP contribution in [0.15, 0.2) is 30.3 Å². The van der Waals surface area contributed by atoms with Crippen molar-refractivity contribution in [2.75, 3.05) is 27.7 Å². The Labute approximate surface area is 111 Å². The summed E-state index contributed by atoms with van der Waals surface area (Å²) >= 11 is 0. The summed E-state index contributed by atoms with van der Waals surface area (Å²) < 4.78 is 5.64. The molecular formula is C15H26NO2+. The molecule has 0 atom stereocenters. The zero-order valence-electron chi connectivity index (χ0n) is 12.1. The minimum Gasteiger partial charge on any atom is -0.463 e. The summed E-state index contributed by atoms with van der Waals surface area (Å²) in [6, 6.07) is 9.55. The smallest absolute Gasteiger partial charge is 0.293 e. The van der Waals surface area contributed by atoms with Gasteiger partial charge in [-0.1, -0.05) is 43.7 Å². The van der Waals surface area contributed by atoms with E-state index in [2.05, 4.69) is 32.8 Å². The van der Waals surface area contributed by atoms with Crippen LogP contribution in [0.1, 0.15) is 25.3 Å². The standard InChI is InChI=1S/C8H8O2.C7H18N/c9-7-10-6-8-4-2-1-3-5-8;1-5-6-7-8(2,3)4/h1-5,7H,6H2;5-7H2,1-4H3/q;+1. The fourth-order valence-corrected chi connectivity index (χ4v) is 1.34. The monoisotopic (exact) mass is 252 g/mol. The lowest BCUT2D eigenvalue weighted by Gasteiger charge is -2.23. The molecule has 0 N–H and O–H groups in total. The molecule has 0 spiro atoms. The Bertz CT molecular complexity index is 304. The second kappa shape index (κ2) is 9.66. The van der Waals surface area contributed by atoms with Gasteiger partial charge in [0, 0.05) is 0 Å². The molecule has 0 aliphatic carbocycles. The van der Waals surface area contributed by atoms with Gasteiger partial charge in [0.15, 0.2) is 0 Å². The predicted octanol–water partition coefficient (Wildman–Crippen LogP) is 2.85. The number of benzene rings is 1. The Morgan fingerprint density at radius 2 is 1.78 bits per heavy atom. The van der Waals surface area contributed by atoms with Crippen molar-refractivity contribution < 1.29 is 14.0 Å². The lowest BCUT2D eigenvalue weighted by Crippen LogP contribution is -2.35. The van der Waals surface area contributed by atoms with Gasteiger partial charge in [-0.05, 0) is 12.0 Å². The number of carbonyl (C=O) groups is 1. The number of quaternary nitrogens is 1. The summed E-state index contributed by atoms with van der Waals surface area (Å²) in [6.07, 6.45) is 2.67. The highest BCUT2D eigenvalue weighted by Crippen LogP contribution is 1.98. The van der Waals surface area contributed by atoms with Crippen LogP contribution in [0.5, 0.6) is 0 Å². The zero-order valence-corrected chi connectivity index (χ0v) is 12.1. The highest BCUT2D eigenvalue weighted by molar-refractivity contribution is 5.37. The molecule has 0 heterocycles. The summed E-state index contributed by atoms with van der Waals surface area (Å²) in [4.78, 5) is 9.76. The van der Waals surface area contributed by atoms with E-state index < -0.39 is 0 Å². The highest BCUT2D eigenvalue weighted by Gasteiger charge is 2.02. The van der Waals surface area contributed by atoms with Crippen molar-refractivity contribution in [2.24, 2.45) is 0 Å². The van der Waals surface area contributed by atoms with Crippen LogP contribution in [0, 0.1) is 0 Å². The SMILES string of the molecule is CCCC[N+](C)(C)C.O=COCc1ccccc1. The molecule has 0 aliphatic rings. The van der Waals surface area contributed by atoms with E-state index in [0.717, 1.165) is 10.0 Å². The molecule has 0 fully saturated rings. The Morgan fingerprint density at radius 1 is 1.17 bits per heavy atom. The minimum atomic E-state index is 0.365. The fraction of sp³-hybridized carbons (Fsp3) is 0.533. The zero-order chi connectivity index (χ0) is 13.9. The van der Waals surface area contributed by atoms with E-state index in [1.54, 1.807) is 0 Å². The van der Waals surface area contributed by atoms with Crippen LogP contribution in [0.4, 0.5) is 0 Å². The summed E-state index contributed by atoms with van der Waals surface area (Å²) in [7, 11) is 6.70. The van der Waals surface area contributed by atoms with E-state index in [9.17, 15) is 4.79 Å². The molecule has 0 amide bonds. The molecule has 1 rings (SSSR count). The van der Waals surface area contributed by atoms with E-state index in [-0.39, 0.29) is 0 Å². The number of carbonyl (C=O) groups excluding carboxylic acids is 1. The van der Waals surface area contributed by atoms with Gasteiger partial charge in [0.25, 0.3) is 6.47 Å². The van der Waals surface area contributed by atoms with Gasteiger partial charge in [-0.2, -0.15) is 0 Å². The summed E-state index contributed by atoms with van der Waals surface area (Å²) in [5, 5.41) is 0. The van der Waals surface area contributed by atoms with Crippen molar-refractivity contribution in [1.29, 1.82) is 0 Å². The second-order valence-corrected chi connectivity index (χ2v) is 5.26. The third kappa shape index (κ3) is 11.1. The molecule has 18 heavy (non-hydrogen) atoms. The summed E-state index contributed by atoms with van der Waals surface area (Å²) in [5.74, 6) is 0. The van der Waals surface area contributed by atoms with E-state index >= 15 is 0 Å². The van der Waals surface area contributed by atoms with Crippen molar-refractivity contribution in [3.05, 3.63) is 35.9 Å². The van der Waals surface area contributed by atoms with Gasteiger partial charge < -0.3 is 9.22 Å². The molecule has 0 unspecified atom stereocenters. The van der Waals surface area contributed by atoms with E-state index in [4.69, 9.17) is 0 Å². The van der Waals surface area contributed by atoms with E-state index in [1.807, 2.05) is 30.3 Å². The Hall–Kier alpha value is -1.35. The first-order chi connectivity index (χ1) is 8.49. The molecular weight excluding hydrogens is 226 g/mol. The van der Waals surface area contributed by atoms with Gasteiger partial charge in [-0.3, -0.25) is 4.79 Å². The predicted molar refractivity (Wildman–Crippen MR) is 75.1 cm³/mol. The summed E-state index contributed by atoms with van der Waals surface area (Å²) in [5.41, 5.74) is 1.01. The van der Waals surface area contributed by atoms with Crippen LogP contribution >= 0.6 is 0 Å². The first-order valence-electron chi connectivity index (χ1n) is 6.39. The number of ether oxygens (including phenoxy) is 1. The average molecular weight is 252 g/mol. The molecule has 1 aromatic carbocycles. The molecule has 0 bridgehead atoms. The fourth-order valence-electron chi connectivity index (χ4n) is 1.34. The largest absolute Gasteiger partial charge is 0.463 e. The van der Waals surface area contributed by atoms with E-state index in [0.29, 0.717) is 13.1 Å². The number of rotatable bonds is 6. The second-order valence-electron chi connectivity index (χ2n) is 5.26. The molecule has 1 aromatic rings. The third-order valence-corrected chi connectivity index (χ3v) is 2.34. The first kappa shape index (κ1) is 16.6. The molecule has 0 saturated carbocycles. The lowest BCUT2D eigenvalue weighted by molar-refractivity contribution is -0.870. The van der Waals surface area contributed by atoms with Gasteiger partial charge in [0.1, 0.15) is 6.61 Å². The van der Waals surface area contributed by atoms with Gasteiger partial charge in [-0.15, -0.1) is 0 Å². The topological polar surface area (TPSA) is 26.3 Å². The number of nitrogens with zero attached hydrogens (tertiary/aromatic N) is 1. The van der Waals surface area contributed by atoms with Crippen molar-refractivity contribution in [3.8, 4) is 0 Å². The normalized spacial score (nSPS) is 10.2. The lowest BCUT2D eigenvalue weighted by atomic mass is 10.2. The van der Waals surface area contributed by atoms with Crippen LogP contribution in [-0.4, -0.2) is 38.6 Å². The van der Waals surface area contributed by atoms with Crippen LogP contribution < -0.4 is 0 Å². The molecule has 0 saturated heterocycles. The van der Waals surface area contributed by atoms with Gasteiger partial charge in [-0.25, -0.2) is 0 Å². The quantitative estimate of drug-likeness (QED) is 0.575. The maximum Gasteiger partial charge on any atom is 0.293 e. The first-order valence-corrected chi connectivity index (χ1v) is 6.39. The van der Waals surface area contributed by atoms with E-state index in [1.165, 1.54) is 19.4 Å². The van der Waals surface area contributed by atoms with Crippen molar-refractivity contribution >= 4 is 6.47 Å². The molecule has 102 valence electrons. The van der Waals surface area contributed by atoms with Crippen molar-refractivity contribution in [2.45, 2.75) is 26.4 Å². The average Bonchev–Trinajstić information content (AvgIpc) is 2.35. The van der Waals surface area contributed by atoms with Crippen LogP contribution in [-0.2, 0) is 16.1 Å². The number of hydrogen-bond acceptors (Lipinski definition) is 2. The number of hydrogen-bond donors (Lipinski definition) is 0. The third-order valence-electron chi connectivity index (χ3n) is 2.34. The molecule has 3 heteroatoms. The van der Waals surface area contributed by atoms with Gasteiger partial charge in [0.2, 0.25) is 0 Å². The molecule has 0 aliphatic heterocycles. The minimum absolute atomic E-state index is 0.365. The maximum atomic E-state index is 9.76. The number of unbranched alkanes of at least 4 members (excludes halogenated alkanes) is 1. The Morgan fingerprint density at radius 3 is 2.17 bits per heavy atom. The van der Waals surface area contributed by atoms with Crippen LogP contribution in [0.2, 0.25) is 0 Å². The van der Waals surface area contributed by atoms with Crippen molar-refractivity contribution in [1.82, 2.24) is 0 Å². The highest BCUT2D eigenvalue weighted by atomic mass is 16.5. The molecule has 0 radical (unpaired) electrons. The van der Waals surface area contributed by atoms with Gasteiger partial charge in [0.05, 0.1) is 27.7 Å².